The maximum absolute atomic E-state index is 6.57. The van der Waals surface area contributed by atoms with Crippen LogP contribution in [0.25, 0.3) is 21.1 Å². The van der Waals surface area contributed by atoms with E-state index >= 15 is 0 Å². The van der Waals surface area contributed by atoms with Crippen molar-refractivity contribution in [2.24, 2.45) is 5.92 Å². The van der Waals surface area contributed by atoms with Crippen molar-refractivity contribution in [1.82, 2.24) is 15.0 Å². The number of rotatable bonds is 6. The molecule has 9 heteroatoms. The fourth-order valence-electron chi connectivity index (χ4n) is 4.40. The van der Waals surface area contributed by atoms with E-state index in [0.29, 0.717) is 11.7 Å². The summed E-state index contributed by atoms with van der Waals surface area (Å²) in [6.07, 6.45) is 5.51. The molecule has 2 atom stereocenters. The summed E-state index contributed by atoms with van der Waals surface area (Å²) in [5.74, 6) is 1.85. The molecule has 0 radical (unpaired) electrons. The molecule has 2 unspecified atom stereocenters. The lowest BCUT2D eigenvalue weighted by atomic mass is 10.0. The highest BCUT2D eigenvalue weighted by molar-refractivity contribution is 7.16. The van der Waals surface area contributed by atoms with Crippen LogP contribution in [0, 0.1) is 5.92 Å². The molecule has 180 valence electrons. The van der Waals surface area contributed by atoms with E-state index in [0.717, 1.165) is 64.5 Å². The fraction of sp³-hybridized carbons (Fsp3) is 0.346. The molecular formula is C26H27N5O3S. The Morgan fingerprint density at radius 3 is 2.91 bits per heavy atom. The summed E-state index contributed by atoms with van der Waals surface area (Å²) in [5, 5.41) is 4.36. The van der Waals surface area contributed by atoms with E-state index in [1.165, 1.54) is 0 Å². The van der Waals surface area contributed by atoms with E-state index in [4.69, 9.17) is 14.2 Å². The standard InChI is InChI=1S/C26H27N5O3S/c1-16-11-31(6-3-7-33-16)20-9-22-25(23(10-20)34-17(2)18-12-32-13-18)26(28-14-27-22)30-19-4-5-21-24(8-19)35-15-29-21/h3-5,7-10,14-18H,6,11-13H2,1-2H3,(H,27,28,30). The molecule has 1 saturated heterocycles. The first-order valence-electron chi connectivity index (χ1n) is 11.8. The van der Waals surface area contributed by atoms with E-state index in [2.05, 4.69) is 57.2 Å². The van der Waals surface area contributed by atoms with Gasteiger partial charge >= 0.3 is 0 Å². The first-order valence-corrected chi connectivity index (χ1v) is 12.7. The van der Waals surface area contributed by atoms with Crippen molar-refractivity contribution in [1.29, 1.82) is 0 Å². The van der Waals surface area contributed by atoms with Crippen LogP contribution in [0.2, 0.25) is 0 Å². The van der Waals surface area contributed by atoms with Crippen LogP contribution in [0.4, 0.5) is 17.2 Å². The summed E-state index contributed by atoms with van der Waals surface area (Å²) < 4.78 is 18.8. The average molecular weight is 490 g/mol. The smallest absolute Gasteiger partial charge is 0.145 e. The number of fused-ring (bicyclic) bond motifs is 2. The van der Waals surface area contributed by atoms with Crippen LogP contribution in [-0.2, 0) is 9.47 Å². The molecule has 1 N–H and O–H groups in total. The molecule has 1 fully saturated rings. The molecule has 0 aliphatic carbocycles. The molecule has 0 saturated carbocycles. The van der Waals surface area contributed by atoms with Crippen LogP contribution in [0.1, 0.15) is 13.8 Å². The number of anilines is 3. The molecule has 4 heterocycles. The highest BCUT2D eigenvalue weighted by Gasteiger charge is 2.28. The van der Waals surface area contributed by atoms with Crippen LogP contribution < -0.4 is 15.0 Å². The normalized spacial score (nSPS) is 19.3. The number of hydrogen-bond donors (Lipinski definition) is 1. The third kappa shape index (κ3) is 4.49. The molecule has 35 heavy (non-hydrogen) atoms. The van der Waals surface area contributed by atoms with Gasteiger partial charge in [0.2, 0.25) is 0 Å². The topological polar surface area (TPSA) is 81.6 Å². The van der Waals surface area contributed by atoms with Crippen molar-refractivity contribution >= 4 is 49.6 Å². The second-order valence-corrected chi connectivity index (χ2v) is 9.95. The Morgan fingerprint density at radius 1 is 1.14 bits per heavy atom. The zero-order valence-corrected chi connectivity index (χ0v) is 20.5. The minimum atomic E-state index is 0.00934. The second-order valence-electron chi connectivity index (χ2n) is 9.06. The summed E-state index contributed by atoms with van der Waals surface area (Å²) in [6, 6.07) is 10.3. The highest BCUT2D eigenvalue weighted by Crippen LogP contribution is 2.38. The Bertz CT molecular complexity index is 1390. The van der Waals surface area contributed by atoms with Crippen molar-refractivity contribution in [2.45, 2.75) is 26.1 Å². The number of nitrogens with one attached hydrogen (secondary N) is 1. The van der Waals surface area contributed by atoms with Gasteiger partial charge in [0.25, 0.3) is 0 Å². The van der Waals surface area contributed by atoms with Crippen molar-refractivity contribution in [3.63, 3.8) is 0 Å². The summed E-state index contributed by atoms with van der Waals surface area (Å²) in [7, 11) is 0. The van der Waals surface area contributed by atoms with Crippen molar-refractivity contribution in [2.75, 3.05) is 36.5 Å². The van der Waals surface area contributed by atoms with Gasteiger partial charge in [0.1, 0.15) is 30.1 Å². The summed E-state index contributed by atoms with van der Waals surface area (Å²) in [4.78, 5) is 15.9. The van der Waals surface area contributed by atoms with Crippen molar-refractivity contribution in [3.05, 3.63) is 54.5 Å². The Kier molecular flexibility index (Phi) is 5.87. The molecule has 2 aliphatic heterocycles. The van der Waals surface area contributed by atoms with Gasteiger partial charge in [0.05, 0.1) is 52.7 Å². The van der Waals surface area contributed by atoms with Crippen LogP contribution in [0.15, 0.2) is 54.5 Å². The van der Waals surface area contributed by atoms with E-state index in [-0.39, 0.29) is 12.2 Å². The number of ether oxygens (including phenoxy) is 3. The minimum Gasteiger partial charge on any atom is -0.497 e. The maximum Gasteiger partial charge on any atom is 0.145 e. The Labute approximate surface area is 207 Å². The predicted molar refractivity (Wildman–Crippen MR) is 139 cm³/mol. The number of hydrogen-bond acceptors (Lipinski definition) is 9. The van der Waals surface area contributed by atoms with Gasteiger partial charge < -0.3 is 24.4 Å². The Balaban J connectivity index is 1.42. The van der Waals surface area contributed by atoms with Gasteiger partial charge in [0, 0.05) is 29.9 Å². The van der Waals surface area contributed by atoms with E-state index < -0.39 is 0 Å². The lowest BCUT2D eigenvalue weighted by Crippen LogP contribution is -2.39. The zero-order valence-electron chi connectivity index (χ0n) is 19.7. The van der Waals surface area contributed by atoms with Gasteiger partial charge in [-0.1, -0.05) is 0 Å². The van der Waals surface area contributed by atoms with Crippen molar-refractivity contribution < 1.29 is 14.2 Å². The molecule has 2 aromatic carbocycles. The van der Waals surface area contributed by atoms with E-state index in [1.54, 1.807) is 23.9 Å². The van der Waals surface area contributed by atoms with Crippen LogP contribution in [-0.4, -0.2) is 53.5 Å². The Hall–Kier alpha value is -3.43. The predicted octanol–water partition coefficient (Wildman–Crippen LogP) is 5.14. The first-order chi connectivity index (χ1) is 17.1. The molecule has 0 bridgehead atoms. The molecule has 0 amide bonds. The highest BCUT2D eigenvalue weighted by atomic mass is 32.1. The lowest BCUT2D eigenvalue weighted by Gasteiger charge is -2.32. The fourth-order valence-corrected chi connectivity index (χ4v) is 5.12. The average Bonchev–Trinajstić information content (AvgIpc) is 3.16. The van der Waals surface area contributed by atoms with Gasteiger partial charge in [-0.05, 0) is 44.2 Å². The number of nitrogens with zero attached hydrogens (tertiary/aromatic N) is 4. The molecule has 6 rings (SSSR count). The van der Waals surface area contributed by atoms with Crippen molar-refractivity contribution in [3.8, 4) is 5.75 Å². The largest absolute Gasteiger partial charge is 0.497 e. The molecule has 2 aliphatic rings. The quantitative estimate of drug-likeness (QED) is 0.399. The molecular weight excluding hydrogens is 462 g/mol. The van der Waals surface area contributed by atoms with Gasteiger partial charge in [-0.15, -0.1) is 11.3 Å². The van der Waals surface area contributed by atoms with Gasteiger partial charge in [-0.2, -0.15) is 0 Å². The Morgan fingerprint density at radius 2 is 2.06 bits per heavy atom. The van der Waals surface area contributed by atoms with Gasteiger partial charge in [-0.25, -0.2) is 15.0 Å². The third-order valence-corrected chi connectivity index (χ3v) is 7.29. The molecule has 8 nitrogen and oxygen atoms in total. The second kappa shape index (κ2) is 9.31. The monoisotopic (exact) mass is 489 g/mol. The van der Waals surface area contributed by atoms with Gasteiger partial charge in [-0.3, -0.25) is 0 Å². The molecule has 0 spiro atoms. The SMILES string of the molecule is CC1CN(c2cc(OC(C)C3COC3)c3c(Nc4ccc5ncsc5c4)ncnc3c2)CC=CO1. The van der Waals surface area contributed by atoms with Crippen LogP contribution in [0.5, 0.6) is 5.75 Å². The summed E-state index contributed by atoms with van der Waals surface area (Å²) in [5.41, 5.74) is 5.66. The number of thiazole rings is 1. The zero-order chi connectivity index (χ0) is 23.8. The summed E-state index contributed by atoms with van der Waals surface area (Å²) >= 11 is 1.62. The first kappa shape index (κ1) is 22.1. The molecule has 4 aromatic rings. The van der Waals surface area contributed by atoms with E-state index in [9.17, 15) is 0 Å². The van der Waals surface area contributed by atoms with E-state index in [1.807, 2.05) is 23.7 Å². The number of aromatic nitrogens is 3. The third-order valence-electron chi connectivity index (χ3n) is 6.50. The van der Waals surface area contributed by atoms with Crippen LogP contribution in [0.3, 0.4) is 0 Å². The maximum atomic E-state index is 6.57. The number of benzene rings is 2. The van der Waals surface area contributed by atoms with Gasteiger partial charge in [0.15, 0.2) is 0 Å². The molecule has 2 aromatic heterocycles. The lowest BCUT2D eigenvalue weighted by molar-refractivity contribution is -0.0773. The summed E-state index contributed by atoms with van der Waals surface area (Å²) in [6.45, 7) is 7.15. The van der Waals surface area contributed by atoms with Crippen LogP contribution >= 0.6 is 11.3 Å². The minimum absolute atomic E-state index is 0.00934.